The molecule has 4 aromatic rings. The van der Waals surface area contributed by atoms with Gasteiger partial charge >= 0.3 is 0 Å². The molecule has 2 saturated heterocycles. The lowest BCUT2D eigenvalue weighted by Crippen LogP contribution is -2.46. The lowest BCUT2D eigenvalue weighted by Gasteiger charge is -2.36. The molecule has 9 nitrogen and oxygen atoms in total. The third-order valence-electron chi connectivity index (χ3n) is 7.72. The van der Waals surface area contributed by atoms with Gasteiger partial charge in [-0.3, -0.25) is 29.7 Å². The summed E-state index contributed by atoms with van der Waals surface area (Å²) in [6, 6.07) is 12.8. The van der Waals surface area contributed by atoms with Gasteiger partial charge in [0.15, 0.2) is 0 Å². The van der Waals surface area contributed by atoms with Crippen molar-refractivity contribution < 1.29 is 27.5 Å². The van der Waals surface area contributed by atoms with Gasteiger partial charge in [0, 0.05) is 51.3 Å². The Morgan fingerprint density at radius 2 is 1.60 bits per heavy atom. The first-order chi connectivity index (χ1) is 20.2. The average Bonchev–Trinajstić information content (AvgIpc) is 3.29. The number of benzene rings is 3. The Balaban J connectivity index is 1.08. The van der Waals surface area contributed by atoms with Gasteiger partial charge in [0.1, 0.15) is 41.4 Å². The highest BCUT2D eigenvalue weighted by Gasteiger charge is 2.31. The van der Waals surface area contributed by atoms with Crippen LogP contribution < -0.4 is 20.5 Å². The lowest BCUT2D eigenvalue weighted by molar-refractivity contribution is -0.136. The number of carbonyl (C=O) groups excluding carboxylic acids is 2. The van der Waals surface area contributed by atoms with E-state index in [0.717, 1.165) is 41.0 Å². The Morgan fingerprint density at radius 1 is 0.857 bits per heavy atom. The van der Waals surface area contributed by atoms with Crippen molar-refractivity contribution >= 4 is 28.4 Å². The average molecular weight is 580 g/mol. The van der Waals surface area contributed by atoms with Crippen LogP contribution >= 0.6 is 0 Å². The van der Waals surface area contributed by atoms with E-state index in [-0.39, 0.29) is 36.1 Å². The number of piperazine rings is 1. The number of carbonyl (C=O) groups is 2. The largest absolute Gasteiger partial charge is 0.487 e. The second-order valence-corrected chi connectivity index (χ2v) is 10.5. The van der Waals surface area contributed by atoms with Crippen LogP contribution in [-0.2, 0) is 22.7 Å². The number of amides is 2. The first kappa shape index (κ1) is 27.6. The SMILES string of the molecule is O=C1CCC(n2[nH]c3c(OCc4ccc(CN5CCN(c6ccc(F)cc6F)CC5)cc4)cc(F)cc3c2=O)C(=O)N1. The van der Waals surface area contributed by atoms with Crippen molar-refractivity contribution in [2.24, 2.45) is 0 Å². The highest BCUT2D eigenvalue weighted by molar-refractivity contribution is 5.99. The second kappa shape index (κ2) is 11.4. The first-order valence-electron chi connectivity index (χ1n) is 13.7. The number of aromatic nitrogens is 2. The Labute approximate surface area is 238 Å². The molecule has 0 radical (unpaired) electrons. The first-order valence-corrected chi connectivity index (χ1v) is 13.7. The number of piperidine rings is 1. The van der Waals surface area contributed by atoms with E-state index in [1.54, 1.807) is 0 Å². The summed E-state index contributed by atoms with van der Waals surface area (Å²) in [6.07, 6.45) is 0.253. The minimum Gasteiger partial charge on any atom is -0.487 e. The highest BCUT2D eigenvalue weighted by atomic mass is 19.1. The molecule has 1 atom stereocenters. The van der Waals surface area contributed by atoms with Gasteiger partial charge in [-0.1, -0.05) is 24.3 Å². The maximum absolute atomic E-state index is 14.4. The van der Waals surface area contributed by atoms with Gasteiger partial charge in [0.25, 0.3) is 11.5 Å². The molecule has 218 valence electrons. The third kappa shape index (κ3) is 5.62. The molecule has 12 heteroatoms. The third-order valence-corrected chi connectivity index (χ3v) is 7.72. The molecule has 6 rings (SSSR count). The molecule has 2 aliphatic heterocycles. The van der Waals surface area contributed by atoms with Crippen LogP contribution in [0.5, 0.6) is 5.75 Å². The van der Waals surface area contributed by atoms with Gasteiger partial charge in [-0.15, -0.1) is 0 Å². The zero-order valence-corrected chi connectivity index (χ0v) is 22.5. The normalized spacial score (nSPS) is 18.0. The van der Waals surface area contributed by atoms with Crippen LogP contribution in [0.1, 0.15) is 30.0 Å². The predicted octanol–water partition coefficient (Wildman–Crippen LogP) is 3.63. The summed E-state index contributed by atoms with van der Waals surface area (Å²) in [5.74, 6) is -2.66. The van der Waals surface area contributed by atoms with E-state index in [0.29, 0.717) is 25.3 Å². The Kier molecular flexibility index (Phi) is 7.46. The number of ether oxygens (including phenoxy) is 1. The molecule has 1 unspecified atom stereocenters. The van der Waals surface area contributed by atoms with E-state index in [9.17, 15) is 27.6 Å². The predicted molar refractivity (Wildman–Crippen MR) is 149 cm³/mol. The maximum Gasteiger partial charge on any atom is 0.275 e. The number of aromatic amines is 1. The monoisotopic (exact) mass is 579 g/mol. The number of rotatable bonds is 7. The quantitative estimate of drug-likeness (QED) is 0.325. The summed E-state index contributed by atoms with van der Waals surface area (Å²) in [5.41, 5.74) is 2.02. The van der Waals surface area contributed by atoms with Crippen LogP contribution in [0, 0.1) is 17.5 Å². The maximum atomic E-state index is 14.4. The molecule has 0 saturated carbocycles. The number of halogens is 3. The van der Waals surface area contributed by atoms with Crippen LogP contribution in [0.25, 0.3) is 10.9 Å². The highest BCUT2D eigenvalue weighted by Crippen LogP contribution is 2.27. The minimum absolute atomic E-state index is 0.0484. The Morgan fingerprint density at radius 3 is 2.31 bits per heavy atom. The van der Waals surface area contributed by atoms with Gasteiger partial charge in [0.2, 0.25) is 5.91 Å². The molecule has 0 bridgehead atoms. The summed E-state index contributed by atoms with van der Waals surface area (Å²) < 4.78 is 48.8. The molecule has 0 spiro atoms. The van der Waals surface area contributed by atoms with E-state index < -0.39 is 40.9 Å². The minimum atomic E-state index is -0.905. The van der Waals surface area contributed by atoms with Crippen LogP contribution in [0.2, 0.25) is 0 Å². The smallest absolute Gasteiger partial charge is 0.275 e. The number of nitrogens with zero attached hydrogens (tertiary/aromatic N) is 3. The molecular weight excluding hydrogens is 551 g/mol. The number of H-pyrrole nitrogens is 1. The van der Waals surface area contributed by atoms with Gasteiger partial charge in [0.05, 0.1) is 11.1 Å². The van der Waals surface area contributed by atoms with Crippen LogP contribution in [0.4, 0.5) is 18.9 Å². The van der Waals surface area contributed by atoms with E-state index >= 15 is 0 Å². The number of hydrogen-bond acceptors (Lipinski definition) is 6. The summed E-state index contributed by atoms with van der Waals surface area (Å²) >= 11 is 0. The van der Waals surface area contributed by atoms with Gasteiger partial charge in [-0.25, -0.2) is 17.9 Å². The van der Waals surface area contributed by atoms with Crippen molar-refractivity contribution in [1.29, 1.82) is 0 Å². The standard InChI is InChI=1S/C30H28F3N5O4/c31-20-5-6-24(23(33)14-20)37-11-9-36(10-12-37)16-18-1-3-19(4-2-18)17-42-26-15-21(32)13-22-28(26)35-38(30(22)41)25-7-8-27(39)34-29(25)40/h1-6,13-15,25,35H,7-12,16-17H2,(H,34,39,40). The molecule has 2 amide bonds. The van der Waals surface area contributed by atoms with E-state index in [2.05, 4.69) is 15.3 Å². The molecule has 2 aliphatic rings. The van der Waals surface area contributed by atoms with Gasteiger partial charge in [-0.2, -0.15) is 0 Å². The zero-order chi connectivity index (χ0) is 29.4. The molecule has 3 heterocycles. The van der Waals surface area contributed by atoms with Crippen molar-refractivity contribution in [3.8, 4) is 5.75 Å². The molecule has 3 aromatic carbocycles. The molecule has 2 N–H and O–H groups in total. The number of hydrogen-bond donors (Lipinski definition) is 2. The van der Waals surface area contributed by atoms with Gasteiger partial charge < -0.3 is 9.64 Å². The molecule has 1 aromatic heterocycles. The van der Waals surface area contributed by atoms with Crippen LogP contribution in [0.3, 0.4) is 0 Å². The Hall–Kier alpha value is -4.58. The van der Waals surface area contributed by atoms with Crippen molar-refractivity contribution in [2.45, 2.75) is 32.0 Å². The fourth-order valence-electron chi connectivity index (χ4n) is 5.47. The van der Waals surface area contributed by atoms with Crippen molar-refractivity contribution in [2.75, 3.05) is 31.1 Å². The van der Waals surface area contributed by atoms with Crippen molar-refractivity contribution in [1.82, 2.24) is 20.0 Å². The summed E-state index contributed by atoms with van der Waals surface area (Å²) in [6.45, 7) is 3.54. The second-order valence-electron chi connectivity index (χ2n) is 10.5. The summed E-state index contributed by atoms with van der Waals surface area (Å²) in [4.78, 5) is 40.9. The fraction of sp³-hybridized carbons (Fsp3) is 0.300. The molecule has 42 heavy (non-hydrogen) atoms. The fourth-order valence-corrected chi connectivity index (χ4v) is 5.47. The van der Waals surface area contributed by atoms with Crippen LogP contribution in [0.15, 0.2) is 59.4 Å². The Bertz CT molecular complexity index is 1710. The molecule has 0 aliphatic carbocycles. The van der Waals surface area contributed by atoms with E-state index in [1.165, 1.54) is 18.2 Å². The zero-order valence-electron chi connectivity index (χ0n) is 22.5. The number of anilines is 1. The van der Waals surface area contributed by atoms with E-state index in [4.69, 9.17) is 4.74 Å². The topological polar surface area (TPSA) is 99.7 Å². The molecule has 2 fully saturated rings. The summed E-state index contributed by atoms with van der Waals surface area (Å²) in [7, 11) is 0. The summed E-state index contributed by atoms with van der Waals surface area (Å²) in [5, 5.41) is 5.15. The van der Waals surface area contributed by atoms with Crippen LogP contribution in [-0.4, -0.2) is 52.7 Å². The lowest BCUT2D eigenvalue weighted by atomic mass is 10.1. The van der Waals surface area contributed by atoms with Crippen molar-refractivity contribution in [3.63, 3.8) is 0 Å². The number of fused-ring (bicyclic) bond motifs is 1. The van der Waals surface area contributed by atoms with Crippen molar-refractivity contribution in [3.05, 3.63) is 93.5 Å². The van der Waals surface area contributed by atoms with Gasteiger partial charge in [-0.05, 0) is 35.7 Å². The van der Waals surface area contributed by atoms with E-state index in [1.807, 2.05) is 29.2 Å². The number of nitrogens with one attached hydrogen (secondary N) is 2. The number of imide groups is 1. The molecular formula is C30H28F3N5O4.